The van der Waals surface area contributed by atoms with Gasteiger partial charge in [0.05, 0.1) is 25.3 Å². The van der Waals surface area contributed by atoms with E-state index in [0.29, 0.717) is 29.4 Å². The van der Waals surface area contributed by atoms with Crippen LogP contribution in [0.4, 0.5) is 5.82 Å². The summed E-state index contributed by atoms with van der Waals surface area (Å²) in [6.07, 6.45) is 3.18. The van der Waals surface area contributed by atoms with Gasteiger partial charge in [-0.3, -0.25) is 9.79 Å². The Morgan fingerprint density at radius 1 is 1.41 bits per heavy atom. The molecule has 1 aromatic heterocycles. The topological polar surface area (TPSA) is 85.6 Å². The van der Waals surface area contributed by atoms with Crippen LogP contribution in [-0.4, -0.2) is 47.0 Å². The third-order valence-electron chi connectivity index (χ3n) is 4.28. The van der Waals surface area contributed by atoms with Crippen LogP contribution in [0.15, 0.2) is 34.4 Å². The number of nitrogens with one attached hydrogen (secondary N) is 1. The lowest BCUT2D eigenvalue weighted by molar-refractivity contribution is 0.0596. The molecular formula is C19H22N4O3S. The number of benzene rings is 1. The zero-order valence-electron chi connectivity index (χ0n) is 15.6. The van der Waals surface area contributed by atoms with Crippen LogP contribution in [0.1, 0.15) is 46.2 Å². The number of aryl methyl sites for hydroxylation is 1. The molecule has 1 aliphatic heterocycles. The monoisotopic (exact) mass is 386 g/mol. The molecule has 0 amide bonds. The summed E-state index contributed by atoms with van der Waals surface area (Å²) >= 11 is 1.60. The van der Waals surface area contributed by atoms with E-state index in [4.69, 9.17) is 4.74 Å². The van der Waals surface area contributed by atoms with Crippen LogP contribution < -0.4 is 5.32 Å². The number of hydrogen-bond acceptors (Lipinski definition) is 7. The number of carbonyl (C=O) groups is 2. The highest BCUT2D eigenvalue weighted by Crippen LogP contribution is 2.32. The van der Waals surface area contributed by atoms with E-state index in [2.05, 4.69) is 29.1 Å². The molecule has 1 N–H and O–H groups in total. The van der Waals surface area contributed by atoms with Gasteiger partial charge in [-0.2, -0.15) is 0 Å². The molecule has 0 atom stereocenters. The van der Waals surface area contributed by atoms with Gasteiger partial charge in [-0.25, -0.2) is 9.78 Å². The Morgan fingerprint density at radius 2 is 2.22 bits per heavy atom. The molecule has 2 heterocycles. The molecule has 0 bridgehead atoms. The normalized spacial score (nSPS) is 13.3. The molecule has 8 heteroatoms. The molecule has 7 nitrogen and oxygen atoms in total. The van der Waals surface area contributed by atoms with Crippen molar-refractivity contribution in [1.82, 2.24) is 9.55 Å². The first kappa shape index (κ1) is 19.2. The molecule has 3 rings (SSSR count). The highest BCUT2D eigenvalue weighted by Gasteiger charge is 2.20. The summed E-state index contributed by atoms with van der Waals surface area (Å²) in [6.45, 7) is 4.94. The second-order valence-corrected chi connectivity index (χ2v) is 7.50. The number of thioether (sulfide) groups is 1. The molecule has 0 fully saturated rings. The maximum atomic E-state index is 12.2. The Hall–Kier alpha value is -2.61. The summed E-state index contributed by atoms with van der Waals surface area (Å²) in [5.74, 6) is 1.23. The van der Waals surface area contributed by atoms with Crippen LogP contribution in [0.5, 0.6) is 0 Å². The van der Waals surface area contributed by atoms with Crippen LogP contribution in [0.25, 0.3) is 0 Å². The summed E-state index contributed by atoms with van der Waals surface area (Å²) < 4.78 is 6.83. The van der Waals surface area contributed by atoms with Crippen molar-refractivity contribution in [2.24, 2.45) is 4.99 Å². The number of methoxy groups -OCH3 is 1. The highest BCUT2D eigenvalue weighted by molar-refractivity contribution is 7.99. The average molecular weight is 386 g/mol. The molecule has 0 saturated heterocycles. The Labute approximate surface area is 162 Å². The fourth-order valence-corrected chi connectivity index (χ4v) is 4.17. The number of ether oxygens (including phenoxy) is 1. The van der Waals surface area contributed by atoms with Gasteiger partial charge in [-0.05, 0) is 17.5 Å². The summed E-state index contributed by atoms with van der Waals surface area (Å²) in [5, 5.41) is 3.03. The van der Waals surface area contributed by atoms with Gasteiger partial charge in [-0.15, -0.1) is 11.8 Å². The van der Waals surface area contributed by atoms with Gasteiger partial charge in [0, 0.05) is 17.2 Å². The quantitative estimate of drug-likeness (QED) is 0.606. The zero-order valence-corrected chi connectivity index (χ0v) is 16.4. The second-order valence-electron chi connectivity index (χ2n) is 6.39. The molecule has 0 aliphatic carbocycles. The number of carbonyl (C=O) groups excluding carboxylic acids is 2. The second kappa shape index (κ2) is 8.39. The standard InChI is InChI=1S/C19H22N4O3S/c1-12(2)13-5-4-6-14(19(25)26-3)17(13)27-8-7-23-11-22-16-15(24)9-20-10-21-18(16)23/h4-6,10-12H,7-9H2,1-3H3,(H,20,21). The number of fused-ring (bicyclic) bond motifs is 1. The third kappa shape index (κ3) is 4.05. The van der Waals surface area contributed by atoms with Gasteiger partial charge in [0.25, 0.3) is 0 Å². The Kier molecular flexibility index (Phi) is 5.95. The number of ketones is 1. The number of esters is 1. The van der Waals surface area contributed by atoms with Crippen molar-refractivity contribution in [3.63, 3.8) is 0 Å². The number of imidazole rings is 1. The predicted molar refractivity (Wildman–Crippen MR) is 106 cm³/mol. The summed E-state index contributed by atoms with van der Waals surface area (Å²) in [4.78, 5) is 33.3. The predicted octanol–water partition coefficient (Wildman–Crippen LogP) is 3.22. The van der Waals surface area contributed by atoms with Gasteiger partial charge in [0.2, 0.25) is 5.78 Å². The van der Waals surface area contributed by atoms with Crippen molar-refractivity contribution >= 4 is 35.7 Å². The fraction of sp³-hybridized carbons (Fsp3) is 0.368. The molecule has 0 radical (unpaired) electrons. The lowest BCUT2D eigenvalue weighted by atomic mass is 10.0. The molecule has 0 unspecified atom stereocenters. The Bertz CT molecular complexity index is 889. The van der Waals surface area contributed by atoms with Crippen LogP contribution in [-0.2, 0) is 11.3 Å². The third-order valence-corrected chi connectivity index (χ3v) is 5.41. The lowest BCUT2D eigenvalue weighted by Gasteiger charge is -2.16. The number of nitrogens with zero attached hydrogens (tertiary/aromatic N) is 3. The van der Waals surface area contributed by atoms with Crippen molar-refractivity contribution < 1.29 is 14.3 Å². The number of aliphatic imine (C=N–C) groups is 1. The molecular weight excluding hydrogens is 364 g/mol. The number of Topliss-reactive ketones (excluding diaryl/α,β-unsaturated/α-hetero) is 1. The van der Waals surface area contributed by atoms with Crippen molar-refractivity contribution in [3.05, 3.63) is 41.3 Å². The molecule has 1 aliphatic rings. The van der Waals surface area contributed by atoms with Gasteiger partial charge in [0.15, 0.2) is 5.69 Å². The van der Waals surface area contributed by atoms with E-state index in [-0.39, 0.29) is 24.2 Å². The van der Waals surface area contributed by atoms with E-state index in [1.165, 1.54) is 13.4 Å². The largest absolute Gasteiger partial charge is 0.465 e. The van der Waals surface area contributed by atoms with E-state index in [1.54, 1.807) is 24.2 Å². The van der Waals surface area contributed by atoms with E-state index in [9.17, 15) is 9.59 Å². The van der Waals surface area contributed by atoms with Crippen molar-refractivity contribution in [2.45, 2.75) is 31.2 Å². The maximum Gasteiger partial charge on any atom is 0.339 e. The first-order valence-electron chi connectivity index (χ1n) is 8.70. The first-order chi connectivity index (χ1) is 13.0. The maximum absolute atomic E-state index is 12.2. The molecule has 27 heavy (non-hydrogen) atoms. The Morgan fingerprint density at radius 3 is 2.96 bits per heavy atom. The molecule has 1 aromatic carbocycles. The van der Waals surface area contributed by atoms with E-state index >= 15 is 0 Å². The SMILES string of the molecule is COC(=O)c1cccc(C(C)C)c1SCCn1cnc2c1NC=NCC2=O. The minimum Gasteiger partial charge on any atom is -0.465 e. The summed E-state index contributed by atoms with van der Waals surface area (Å²) in [6, 6.07) is 5.72. The van der Waals surface area contributed by atoms with Gasteiger partial charge < -0.3 is 14.6 Å². The van der Waals surface area contributed by atoms with Crippen LogP contribution >= 0.6 is 11.8 Å². The number of hydrogen-bond donors (Lipinski definition) is 1. The van der Waals surface area contributed by atoms with E-state index in [1.807, 2.05) is 16.7 Å². The van der Waals surface area contributed by atoms with E-state index in [0.717, 1.165) is 10.5 Å². The van der Waals surface area contributed by atoms with Crippen molar-refractivity contribution in [2.75, 3.05) is 24.7 Å². The van der Waals surface area contributed by atoms with Crippen molar-refractivity contribution in [1.29, 1.82) is 0 Å². The van der Waals surface area contributed by atoms with Gasteiger partial charge >= 0.3 is 5.97 Å². The first-order valence-corrected chi connectivity index (χ1v) is 9.68. The molecule has 0 spiro atoms. The van der Waals surface area contributed by atoms with Crippen LogP contribution in [0.3, 0.4) is 0 Å². The zero-order chi connectivity index (χ0) is 19.4. The molecule has 0 saturated carbocycles. The van der Waals surface area contributed by atoms with E-state index < -0.39 is 0 Å². The Balaban J connectivity index is 1.79. The van der Waals surface area contributed by atoms with Crippen molar-refractivity contribution in [3.8, 4) is 0 Å². The molecule has 2 aromatic rings. The number of rotatable bonds is 6. The minimum absolute atomic E-state index is 0.101. The number of anilines is 1. The van der Waals surface area contributed by atoms with Crippen LogP contribution in [0, 0.1) is 0 Å². The van der Waals surface area contributed by atoms with Crippen LogP contribution in [0.2, 0.25) is 0 Å². The number of aromatic nitrogens is 2. The molecule has 142 valence electrons. The highest BCUT2D eigenvalue weighted by atomic mass is 32.2. The van der Waals surface area contributed by atoms with Gasteiger partial charge in [0.1, 0.15) is 12.4 Å². The minimum atomic E-state index is -0.333. The summed E-state index contributed by atoms with van der Waals surface area (Å²) in [7, 11) is 1.39. The smallest absolute Gasteiger partial charge is 0.339 e. The van der Waals surface area contributed by atoms with Gasteiger partial charge in [-0.1, -0.05) is 26.0 Å². The lowest BCUT2D eigenvalue weighted by Crippen LogP contribution is -2.09. The summed E-state index contributed by atoms with van der Waals surface area (Å²) in [5.41, 5.74) is 2.11. The fourth-order valence-electron chi connectivity index (χ4n) is 2.90. The average Bonchev–Trinajstić information content (AvgIpc) is 2.97.